The lowest BCUT2D eigenvalue weighted by molar-refractivity contribution is -0.935. The van der Waals surface area contributed by atoms with Gasteiger partial charge in [0.1, 0.15) is 11.8 Å². The van der Waals surface area contributed by atoms with Crippen LogP contribution in [0.2, 0.25) is 0 Å². The van der Waals surface area contributed by atoms with Gasteiger partial charge in [0, 0.05) is 5.92 Å². The zero-order chi connectivity index (χ0) is 32.3. The third kappa shape index (κ3) is 20.7. The van der Waals surface area contributed by atoms with Gasteiger partial charge in [-0.2, -0.15) is 0 Å². The lowest BCUT2D eigenvalue weighted by atomic mass is 9.95. The van der Waals surface area contributed by atoms with E-state index in [1.54, 1.807) is 6.92 Å². The van der Waals surface area contributed by atoms with Crippen LogP contribution in [0.4, 0.5) is 0 Å². The fourth-order valence-electron chi connectivity index (χ4n) is 6.26. The lowest BCUT2D eigenvalue weighted by Crippen LogP contribution is -2.59. The van der Waals surface area contributed by atoms with Crippen LogP contribution in [0.1, 0.15) is 156 Å². The first kappa shape index (κ1) is 41.1. The number of hydrogen-bond donors (Lipinski definition) is 2. The van der Waals surface area contributed by atoms with Crippen LogP contribution in [0.3, 0.4) is 0 Å². The monoisotopic (exact) mass is 609 g/mol. The van der Waals surface area contributed by atoms with Crippen molar-refractivity contribution in [1.29, 1.82) is 0 Å². The summed E-state index contributed by atoms with van der Waals surface area (Å²) in [6.07, 6.45) is 26.9. The van der Waals surface area contributed by atoms with Crippen LogP contribution >= 0.6 is 0 Å². The molecule has 43 heavy (non-hydrogen) atoms. The van der Waals surface area contributed by atoms with Crippen molar-refractivity contribution in [2.24, 2.45) is 17.8 Å². The Bertz CT molecular complexity index is 692. The van der Waals surface area contributed by atoms with Gasteiger partial charge < -0.3 is 24.6 Å². The summed E-state index contributed by atoms with van der Waals surface area (Å²) in [5, 5.41) is 31.5. The van der Waals surface area contributed by atoms with Gasteiger partial charge in [-0.05, 0) is 57.8 Å². The Balaban J connectivity index is 4.67. The molecule has 2 N–H and O–H groups in total. The van der Waals surface area contributed by atoms with Gasteiger partial charge in [-0.25, -0.2) is 0 Å². The van der Waals surface area contributed by atoms with Crippen LogP contribution in [-0.2, 0) is 14.4 Å². The minimum atomic E-state index is -1.14. The molecule has 3 unspecified atom stereocenters. The molecule has 3 atom stereocenters. The molecular formula is C36H67NO6. The summed E-state index contributed by atoms with van der Waals surface area (Å²) in [5.74, 6) is -4.97. The number of unbranched alkanes of at least 4 members (excludes halogenated alkanes) is 15. The second kappa shape index (κ2) is 26.5. The van der Waals surface area contributed by atoms with Crippen LogP contribution in [0, 0.1) is 17.8 Å². The molecule has 0 radical (unpaired) electrons. The second-order valence-electron chi connectivity index (χ2n) is 12.9. The number of rotatable bonds is 31. The SMILES string of the molecule is CCCCCCCCCCCC/C=C/CCCCCCC[N+](CC(CC)C(=O)[O-])(CC(CC)C(=O)O)CC(CC)C(=O)O. The van der Waals surface area contributed by atoms with E-state index < -0.39 is 35.7 Å². The fraction of sp³-hybridized carbons (Fsp3) is 0.861. The van der Waals surface area contributed by atoms with Crippen LogP contribution < -0.4 is 5.11 Å². The third-order valence-corrected chi connectivity index (χ3v) is 9.23. The molecule has 0 bridgehead atoms. The molecule has 0 aliphatic heterocycles. The van der Waals surface area contributed by atoms with Gasteiger partial charge in [0.2, 0.25) is 0 Å². The minimum absolute atomic E-state index is 0.212. The number of carboxylic acid groups (broad SMARTS) is 3. The Morgan fingerprint density at radius 1 is 0.558 bits per heavy atom. The Morgan fingerprint density at radius 3 is 1.26 bits per heavy atom. The maximum Gasteiger partial charge on any atom is 0.312 e. The molecule has 7 heteroatoms. The van der Waals surface area contributed by atoms with E-state index in [0.29, 0.717) is 25.8 Å². The first-order valence-corrected chi connectivity index (χ1v) is 17.8. The van der Waals surface area contributed by atoms with E-state index in [2.05, 4.69) is 19.1 Å². The number of carbonyl (C=O) groups is 3. The lowest BCUT2D eigenvalue weighted by Gasteiger charge is -2.44. The van der Waals surface area contributed by atoms with E-state index >= 15 is 0 Å². The molecule has 0 fully saturated rings. The molecule has 0 spiro atoms. The Kier molecular flexibility index (Phi) is 25.3. The van der Waals surface area contributed by atoms with Crippen molar-refractivity contribution in [3.05, 3.63) is 12.2 Å². The maximum atomic E-state index is 12.0. The summed E-state index contributed by atoms with van der Waals surface area (Å²) in [4.78, 5) is 35.8. The third-order valence-electron chi connectivity index (χ3n) is 9.23. The normalized spacial score (nSPS) is 15.3. The summed E-state index contributed by atoms with van der Waals surface area (Å²) in [6, 6.07) is 0. The van der Waals surface area contributed by atoms with Gasteiger partial charge in [0.05, 0.1) is 32.1 Å². The number of aliphatic carboxylic acids is 3. The average molecular weight is 610 g/mol. The fourth-order valence-corrected chi connectivity index (χ4v) is 6.26. The van der Waals surface area contributed by atoms with E-state index in [0.717, 1.165) is 38.5 Å². The van der Waals surface area contributed by atoms with E-state index in [4.69, 9.17) is 0 Å². The van der Waals surface area contributed by atoms with Gasteiger partial charge >= 0.3 is 11.9 Å². The first-order chi connectivity index (χ1) is 20.7. The van der Waals surface area contributed by atoms with E-state index in [1.165, 1.54) is 70.6 Å². The molecule has 0 amide bonds. The van der Waals surface area contributed by atoms with E-state index in [-0.39, 0.29) is 24.1 Å². The molecule has 0 saturated carbocycles. The van der Waals surface area contributed by atoms with Crippen molar-refractivity contribution in [2.75, 3.05) is 26.2 Å². The van der Waals surface area contributed by atoms with Gasteiger partial charge in [-0.3, -0.25) is 9.59 Å². The molecule has 0 rings (SSSR count). The summed E-state index contributed by atoms with van der Waals surface area (Å²) in [5.41, 5.74) is 0. The minimum Gasteiger partial charge on any atom is -0.550 e. The molecule has 252 valence electrons. The van der Waals surface area contributed by atoms with Crippen LogP contribution in [0.25, 0.3) is 0 Å². The van der Waals surface area contributed by atoms with Crippen molar-refractivity contribution in [3.8, 4) is 0 Å². The highest BCUT2D eigenvalue weighted by Gasteiger charge is 2.39. The zero-order valence-electron chi connectivity index (χ0n) is 28.3. The quantitative estimate of drug-likeness (QED) is 0.0467. The molecule has 0 aromatic carbocycles. The molecule has 0 saturated heterocycles. The Morgan fingerprint density at radius 2 is 0.907 bits per heavy atom. The maximum absolute atomic E-state index is 12.0. The topological polar surface area (TPSA) is 115 Å². The molecule has 0 aliphatic rings. The van der Waals surface area contributed by atoms with Crippen molar-refractivity contribution < 1.29 is 34.2 Å². The molecular weight excluding hydrogens is 542 g/mol. The van der Waals surface area contributed by atoms with Gasteiger partial charge in [0.25, 0.3) is 0 Å². The highest BCUT2D eigenvalue weighted by Crippen LogP contribution is 2.25. The standard InChI is InChI=1S/C36H67NO6/c1-5-9-10-11-12-13-14-15-16-17-18-19-20-21-22-23-24-25-26-27-37(28-31(6-2)34(38)39,29-32(7-3)35(40)41)30-33(8-4)36(42)43/h19-20,31-33H,5-18,21-30H2,1-4H3,(H2-,38,39,40,41,42,43)/b20-19+. The number of nitrogens with zero attached hydrogens (tertiary/aromatic N) is 1. The summed E-state index contributed by atoms with van der Waals surface area (Å²) in [7, 11) is 0. The number of hydrogen-bond acceptors (Lipinski definition) is 4. The van der Waals surface area contributed by atoms with Crippen molar-refractivity contribution in [3.63, 3.8) is 0 Å². The summed E-state index contributed by atoms with van der Waals surface area (Å²) < 4.78 is 0.212. The highest BCUT2D eigenvalue weighted by atomic mass is 16.4. The van der Waals surface area contributed by atoms with E-state index in [9.17, 15) is 29.7 Å². The van der Waals surface area contributed by atoms with Gasteiger partial charge in [-0.15, -0.1) is 0 Å². The van der Waals surface area contributed by atoms with Crippen molar-refractivity contribution in [1.82, 2.24) is 0 Å². The molecule has 0 heterocycles. The molecule has 0 aromatic heterocycles. The van der Waals surface area contributed by atoms with Crippen LogP contribution in [0.5, 0.6) is 0 Å². The van der Waals surface area contributed by atoms with Crippen LogP contribution in [-0.4, -0.2) is 58.8 Å². The summed E-state index contributed by atoms with van der Waals surface area (Å²) >= 11 is 0. The van der Waals surface area contributed by atoms with Crippen molar-refractivity contribution in [2.45, 2.75) is 156 Å². The number of allylic oxidation sites excluding steroid dienone is 2. The largest absolute Gasteiger partial charge is 0.550 e. The number of carbonyl (C=O) groups excluding carboxylic acids is 1. The predicted molar refractivity (Wildman–Crippen MR) is 175 cm³/mol. The summed E-state index contributed by atoms with van der Waals surface area (Å²) in [6.45, 7) is 9.02. The highest BCUT2D eigenvalue weighted by molar-refractivity contribution is 5.70. The van der Waals surface area contributed by atoms with Gasteiger partial charge in [-0.1, -0.05) is 110 Å². The van der Waals surface area contributed by atoms with Crippen LogP contribution in [0.15, 0.2) is 12.2 Å². The Labute approximate surface area is 264 Å². The molecule has 0 aliphatic carbocycles. The second-order valence-corrected chi connectivity index (χ2v) is 12.9. The van der Waals surface area contributed by atoms with Crippen molar-refractivity contribution >= 4 is 17.9 Å². The smallest absolute Gasteiger partial charge is 0.312 e. The van der Waals surface area contributed by atoms with Gasteiger partial charge in [0.15, 0.2) is 0 Å². The number of carboxylic acids is 3. The number of quaternary nitrogens is 1. The zero-order valence-corrected chi connectivity index (χ0v) is 28.3. The molecule has 0 aromatic rings. The average Bonchev–Trinajstić information content (AvgIpc) is 2.98. The molecule has 7 nitrogen and oxygen atoms in total. The predicted octanol–water partition coefficient (Wildman–Crippen LogP) is 8.01. The van der Waals surface area contributed by atoms with E-state index in [1.807, 2.05) is 13.8 Å². The Hall–Kier alpha value is -1.89. The first-order valence-electron chi connectivity index (χ1n) is 17.8.